The zero-order valence-electron chi connectivity index (χ0n) is 24.5. The molecule has 0 fully saturated rings. The van der Waals surface area contributed by atoms with E-state index in [1.807, 2.05) is 81.4 Å². The fourth-order valence-corrected chi connectivity index (χ4v) is 5.49. The number of nitrogens with zero attached hydrogens (tertiary/aromatic N) is 2. The van der Waals surface area contributed by atoms with Crippen LogP contribution in [-0.2, 0) is 39.0 Å². The Balaban J connectivity index is 2.09. The Bertz CT molecular complexity index is 1410. The van der Waals surface area contributed by atoms with Gasteiger partial charge in [-0.2, -0.15) is 0 Å². The highest BCUT2D eigenvalue weighted by Crippen LogP contribution is 2.25. The standard InChI is InChI=1S/C32H41N3O5S/c1-6-24(3)33-32(37)30(21-25-14-9-8-10-15-25)34(22-26-16-13-18-28(20-26)40-4)31(36)23-35(41(5,38)39)29-19-12-11-17-27(29)7-2/h8-20,24,30H,6-7,21-23H2,1-5H3,(H,33,37)/t24-,30-/m1/s1. The lowest BCUT2D eigenvalue weighted by atomic mass is 10.0. The number of benzene rings is 3. The number of para-hydroxylation sites is 1. The predicted molar refractivity (Wildman–Crippen MR) is 163 cm³/mol. The van der Waals surface area contributed by atoms with Crippen LogP contribution in [0.4, 0.5) is 5.69 Å². The smallest absolute Gasteiger partial charge is 0.244 e. The number of ether oxygens (including phenoxy) is 1. The maximum Gasteiger partial charge on any atom is 0.244 e. The van der Waals surface area contributed by atoms with Crippen LogP contribution in [0, 0.1) is 0 Å². The second-order valence-electron chi connectivity index (χ2n) is 10.1. The Kier molecular flexibility index (Phi) is 11.3. The van der Waals surface area contributed by atoms with E-state index in [0.717, 1.165) is 33.7 Å². The summed E-state index contributed by atoms with van der Waals surface area (Å²) in [5.74, 6) is -0.156. The fraction of sp³-hybridized carbons (Fsp3) is 0.375. The maximum absolute atomic E-state index is 14.2. The fourth-order valence-electron chi connectivity index (χ4n) is 4.61. The maximum atomic E-state index is 14.2. The number of carbonyl (C=O) groups excluding carboxylic acids is 2. The summed E-state index contributed by atoms with van der Waals surface area (Å²) in [7, 11) is -2.26. The predicted octanol–water partition coefficient (Wildman–Crippen LogP) is 4.58. The summed E-state index contributed by atoms with van der Waals surface area (Å²) in [6.45, 7) is 5.48. The van der Waals surface area contributed by atoms with Gasteiger partial charge in [0.15, 0.2) is 0 Å². The molecule has 0 radical (unpaired) electrons. The van der Waals surface area contributed by atoms with Crippen LogP contribution >= 0.6 is 0 Å². The molecule has 3 rings (SSSR count). The van der Waals surface area contributed by atoms with Gasteiger partial charge in [-0.3, -0.25) is 13.9 Å². The summed E-state index contributed by atoms with van der Waals surface area (Å²) in [6, 6.07) is 23.0. The average Bonchev–Trinajstić information content (AvgIpc) is 2.97. The number of carbonyl (C=O) groups is 2. The first-order chi connectivity index (χ1) is 19.6. The molecule has 1 N–H and O–H groups in total. The molecule has 8 nitrogen and oxygen atoms in total. The molecular formula is C32H41N3O5S. The average molecular weight is 580 g/mol. The monoisotopic (exact) mass is 579 g/mol. The van der Waals surface area contributed by atoms with Gasteiger partial charge in [-0.15, -0.1) is 0 Å². The second kappa shape index (κ2) is 14.7. The highest BCUT2D eigenvalue weighted by Gasteiger charge is 2.33. The molecule has 0 aromatic heterocycles. The second-order valence-corrected chi connectivity index (χ2v) is 12.1. The number of methoxy groups -OCH3 is 1. The molecule has 41 heavy (non-hydrogen) atoms. The SMILES string of the molecule is CCc1ccccc1N(CC(=O)N(Cc1cccc(OC)c1)[C@H](Cc1ccccc1)C(=O)N[C@H](C)CC)S(C)(=O)=O. The van der Waals surface area contributed by atoms with Crippen LogP contribution in [0.25, 0.3) is 0 Å². The van der Waals surface area contributed by atoms with Crippen molar-refractivity contribution in [3.63, 3.8) is 0 Å². The van der Waals surface area contributed by atoms with Crippen molar-refractivity contribution >= 4 is 27.5 Å². The summed E-state index contributed by atoms with van der Waals surface area (Å²) < 4.78 is 32.6. The molecule has 0 aliphatic heterocycles. The largest absolute Gasteiger partial charge is 0.497 e. The molecule has 9 heteroatoms. The Morgan fingerprint density at radius 2 is 1.59 bits per heavy atom. The minimum absolute atomic E-state index is 0.0918. The van der Waals surface area contributed by atoms with Gasteiger partial charge in [-0.1, -0.05) is 74.5 Å². The molecule has 220 valence electrons. The summed E-state index contributed by atoms with van der Waals surface area (Å²) in [6.07, 6.45) is 2.68. The van der Waals surface area contributed by atoms with Crippen LogP contribution in [0.3, 0.4) is 0 Å². The number of sulfonamides is 1. The minimum atomic E-state index is -3.83. The molecule has 0 saturated carbocycles. The quantitative estimate of drug-likeness (QED) is 0.302. The van der Waals surface area contributed by atoms with Crippen molar-refractivity contribution in [2.75, 3.05) is 24.2 Å². The van der Waals surface area contributed by atoms with Crippen molar-refractivity contribution in [1.82, 2.24) is 10.2 Å². The molecule has 0 aliphatic carbocycles. The van der Waals surface area contributed by atoms with Gasteiger partial charge in [0.1, 0.15) is 18.3 Å². The van der Waals surface area contributed by atoms with Gasteiger partial charge in [-0.25, -0.2) is 8.42 Å². The van der Waals surface area contributed by atoms with Gasteiger partial charge in [0.05, 0.1) is 19.1 Å². The number of anilines is 1. The number of rotatable bonds is 14. The number of nitrogens with one attached hydrogen (secondary N) is 1. The van der Waals surface area contributed by atoms with Crippen LogP contribution in [0.15, 0.2) is 78.9 Å². The highest BCUT2D eigenvalue weighted by atomic mass is 32.2. The Morgan fingerprint density at radius 3 is 2.22 bits per heavy atom. The molecule has 0 spiro atoms. The molecule has 0 bridgehead atoms. The van der Waals surface area contributed by atoms with E-state index in [4.69, 9.17) is 4.74 Å². The Labute approximate surface area is 244 Å². The van der Waals surface area contributed by atoms with E-state index in [-0.39, 0.29) is 24.9 Å². The lowest BCUT2D eigenvalue weighted by Crippen LogP contribution is -2.54. The van der Waals surface area contributed by atoms with Gasteiger partial charge in [0, 0.05) is 19.0 Å². The first kappa shape index (κ1) is 31.7. The van der Waals surface area contributed by atoms with Gasteiger partial charge < -0.3 is 15.0 Å². The van der Waals surface area contributed by atoms with E-state index in [1.165, 1.54) is 4.90 Å². The molecule has 3 aromatic rings. The third-order valence-electron chi connectivity index (χ3n) is 7.08. The summed E-state index contributed by atoms with van der Waals surface area (Å²) >= 11 is 0. The Hall–Kier alpha value is -3.85. The van der Waals surface area contributed by atoms with Crippen molar-refractivity contribution < 1.29 is 22.7 Å². The third-order valence-corrected chi connectivity index (χ3v) is 8.21. The van der Waals surface area contributed by atoms with Crippen molar-refractivity contribution in [2.24, 2.45) is 0 Å². The molecule has 0 aliphatic rings. The number of hydrogen-bond acceptors (Lipinski definition) is 5. The van der Waals surface area contributed by atoms with Gasteiger partial charge in [0.25, 0.3) is 0 Å². The van der Waals surface area contributed by atoms with Gasteiger partial charge >= 0.3 is 0 Å². The topological polar surface area (TPSA) is 96.0 Å². The van der Waals surface area contributed by atoms with E-state index in [2.05, 4.69) is 5.32 Å². The molecule has 2 amide bonds. The van der Waals surface area contributed by atoms with Crippen LogP contribution in [-0.4, -0.2) is 57.1 Å². The molecule has 0 heterocycles. The number of amides is 2. The normalized spacial score (nSPS) is 12.7. The van der Waals surface area contributed by atoms with Crippen molar-refractivity contribution in [3.05, 3.63) is 95.6 Å². The van der Waals surface area contributed by atoms with Crippen molar-refractivity contribution in [3.8, 4) is 5.75 Å². The van der Waals surface area contributed by atoms with E-state index in [1.54, 1.807) is 25.3 Å². The molecule has 0 saturated heterocycles. The van der Waals surface area contributed by atoms with E-state index < -0.39 is 28.5 Å². The lowest BCUT2D eigenvalue weighted by Gasteiger charge is -2.34. The van der Waals surface area contributed by atoms with Crippen molar-refractivity contribution in [1.29, 1.82) is 0 Å². The first-order valence-corrected chi connectivity index (χ1v) is 15.7. The summed E-state index contributed by atoms with van der Waals surface area (Å²) in [5, 5.41) is 3.04. The summed E-state index contributed by atoms with van der Waals surface area (Å²) in [5.41, 5.74) is 2.90. The van der Waals surface area contributed by atoms with Crippen LogP contribution in [0.2, 0.25) is 0 Å². The number of aryl methyl sites for hydroxylation is 1. The molecule has 2 atom stereocenters. The van der Waals surface area contributed by atoms with Gasteiger partial charge in [-0.05, 0) is 54.7 Å². The molecule has 0 unspecified atom stereocenters. The number of hydrogen-bond donors (Lipinski definition) is 1. The molecular weight excluding hydrogens is 538 g/mol. The Morgan fingerprint density at radius 1 is 0.927 bits per heavy atom. The van der Waals surface area contributed by atoms with Gasteiger partial charge in [0.2, 0.25) is 21.8 Å². The van der Waals surface area contributed by atoms with Crippen LogP contribution < -0.4 is 14.4 Å². The first-order valence-electron chi connectivity index (χ1n) is 13.9. The van der Waals surface area contributed by atoms with E-state index in [9.17, 15) is 18.0 Å². The third kappa shape index (κ3) is 8.82. The van der Waals surface area contributed by atoms with E-state index >= 15 is 0 Å². The van der Waals surface area contributed by atoms with E-state index in [0.29, 0.717) is 17.9 Å². The van der Waals surface area contributed by atoms with Crippen molar-refractivity contribution in [2.45, 2.75) is 58.7 Å². The molecule has 3 aromatic carbocycles. The lowest BCUT2D eigenvalue weighted by molar-refractivity contribution is -0.140. The van der Waals surface area contributed by atoms with Crippen LogP contribution in [0.1, 0.15) is 43.9 Å². The minimum Gasteiger partial charge on any atom is -0.497 e. The zero-order chi connectivity index (χ0) is 30.0. The summed E-state index contributed by atoms with van der Waals surface area (Å²) in [4.78, 5) is 29.5. The van der Waals surface area contributed by atoms with Crippen LogP contribution in [0.5, 0.6) is 5.75 Å². The zero-order valence-corrected chi connectivity index (χ0v) is 25.4. The highest BCUT2D eigenvalue weighted by molar-refractivity contribution is 7.92.